The van der Waals surface area contributed by atoms with Crippen LogP contribution in [0.25, 0.3) is 0 Å². The molecule has 2 aromatic heterocycles. The predicted molar refractivity (Wildman–Crippen MR) is 74.7 cm³/mol. The van der Waals surface area contributed by atoms with Crippen molar-refractivity contribution in [2.45, 2.75) is 0 Å². The molecule has 20 heavy (non-hydrogen) atoms. The van der Waals surface area contributed by atoms with Gasteiger partial charge in [0, 0.05) is 23.8 Å². The molecule has 2 aromatic rings. The molecule has 0 aromatic carbocycles. The van der Waals surface area contributed by atoms with Crippen LogP contribution >= 0.6 is 15.9 Å². The van der Waals surface area contributed by atoms with Crippen molar-refractivity contribution in [2.75, 3.05) is 19.1 Å². The zero-order chi connectivity index (χ0) is 14.7. The molecule has 0 unspecified atom stereocenters. The molecule has 0 radical (unpaired) electrons. The van der Waals surface area contributed by atoms with Crippen molar-refractivity contribution < 1.29 is 18.7 Å². The summed E-state index contributed by atoms with van der Waals surface area (Å²) < 4.78 is 10.4. The van der Waals surface area contributed by atoms with Crippen molar-refractivity contribution in [3.8, 4) is 0 Å². The summed E-state index contributed by atoms with van der Waals surface area (Å²) in [5.74, 6) is -0.459. The van der Waals surface area contributed by atoms with Crippen LogP contribution in [0.1, 0.15) is 20.9 Å². The van der Waals surface area contributed by atoms with Gasteiger partial charge in [-0.1, -0.05) is 0 Å². The summed E-state index contributed by atoms with van der Waals surface area (Å²) in [6, 6.07) is 4.80. The molecule has 0 saturated heterocycles. The van der Waals surface area contributed by atoms with E-state index in [0.717, 1.165) is 4.47 Å². The summed E-state index contributed by atoms with van der Waals surface area (Å²) in [5, 5.41) is 0. The summed E-state index contributed by atoms with van der Waals surface area (Å²) in [6.45, 7) is 0. The summed E-state index contributed by atoms with van der Waals surface area (Å²) in [7, 11) is 2.83. The van der Waals surface area contributed by atoms with Gasteiger partial charge < -0.3 is 9.15 Å². The lowest BCUT2D eigenvalue weighted by Gasteiger charge is -2.14. The first-order valence-corrected chi connectivity index (χ1v) is 6.38. The predicted octanol–water partition coefficient (Wildman–Crippen LogP) is 2.50. The third-order valence-electron chi connectivity index (χ3n) is 2.59. The number of methoxy groups -OCH3 is 1. The standard InChI is InChI=1S/C13H11BrN2O4/c1-16(11-4-3-9(14)6-15-11)12(17)10-5-8(7-20-10)13(18)19-2/h3-7H,1-2H3. The zero-order valence-electron chi connectivity index (χ0n) is 10.8. The molecule has 0 spiro atoms. The van der Waals surface area contributed by atoms with E-state index >= 15 is 0 Å². The summed E-state index contributed by atoms with van der Waals surface area (Å²) in [4.78, 5) is 28.9. The molecular formula is C13H11BrN2O4. The Labute approximate surface area is 123 Å². The van der Waals surface area contributed by atoms with E-state index in [-0.39, 0.29) is 11.3 Å². The number of halogens is 1. The van der Waals surface area contributed by atoms with E-state index in [1.807, 2.05) is 0 Å². The quantitative estimate of drug-likeness (QED) is 0.804. The average molecular weight is 339 g/mol. The van der Waals surface area contributed by atoms with Gasteiger partial charge in [0.1, 0.15) is 12.1 Å². The van der Waals surface area contributed by atoms with Gasteiger partial charge in [-0.3, -0.25) is 9.69 Å². The second-order valence-corrected chi connectivity index (χ2v) is 4.81. The van der Waals surface area contributed by atoms with E-state index in [1.54, 1.807) is 25.4 Å². The number of furan rings is 1. The van der Waals surface area contributed by atoms with E-state index in [4.69, 9.17) is 4.42 Å². The fraction of sp³-hybridized carbons (Fsp3) is 0.154. The number of hydrogen-bond acceptors (Lipinski definition) is 5. The molecule has 7 heteroatoms. The molecule has 0 N–H and O–H groups in total. The van der Waals surface area contributed by atoms with Crippen LogP contribution in [-0.2, 0) is 4.74 Å². The molecule has 0 fully saturated rings. The number of esters is 1. The molecule has 2 rings (SSSR count). The second kappa shape index (κ2) is 5.87. The van der Waals surface area contributed by atoms with Crippen molar-refractivity contribution in [2.24, 2.45) is 0 Å². The molecule has 1 amide bonds. The van der Waals surface area contributed by atoms with Crippen LogP contribution in [0.2, 0.25) is 0 Å². The Kier molecular flexibility index (Phi) is 4.19. The van der Waals surface area contributed by atoms with Crippen LogP contribution in [0.3, 0.4) is 0 Å². The van der Waals surface area contributed by atoms with E-state index in [0.29, 0.717) is 5.82 Å². The number of hydrogen-bond donors (Lipinski definition) is 0. The van der Waals surface area contributed by atoms with Crippen molar-refractivity contribution in [1.29, 1.82) is 0 Å². The van der Waals surface area contributed by atoms with Gasteiger partial charge in [0.25, 0.3) is 5.91 Å². The molecule has 0 aliphatic carbocycles. The fourth-order valence-electron chi connectivity index (χ4n) is 1.51. The second-order valence-electron chi connectivity index (χ2n) is 3.89. The van der Waals surface area contributed by atoms with Crippen LogP contribution < -0.4 is 4.90 Å². The Balaban J connectivity index is 2.20. The summed E-state index contributed by atoms with van der Waals surface area (Å²) in [6.07, 6.45) is 2.77. The maximum Gasteiger partial charge on any atom is 0.341 e. The van der Waals surface area contributed by atoms with E-state index in [9.17, 15) is 9.59 Å². The first kappa shape index (κ1) is 14.3. The Morgan fingerprint density at radius 3 is 2.75 bits per heavy atom. The first-order chi connectivity index (χ1) is 9.52. The Morgan fingerprint density at radius 2 is 2.15 bits per heavy atom. The lowest BCUT2D eigenvalue weighted by molar-refractivity contribution is 0.0600. The minimum atomic E-state index is -0.558. The van der Waals surface area contributed by atoms with Gasteiger partial charge in [0.05, 0.1) is 12.7 Å². The molecule has 104 valence electrons. The molecule has 0 aliphatic heterocycles. The number of aromatic nitrogens is 1. The Bertz CT molecular complexity index is 636. The first-order valence-electron chi connectivity index (χ1n) is 5.59. The van der Waals surface area contributed by atoms with E-state index in [2.05, 4.69) is 25.7 Å². The zero-order valence-corrected chi connectivity index (χ0v) is 12.4. The van der Waals surface area contributed by atoms with Crippen molar-refractivity contribution in [1.82, 2.24) is 4.98 Å². The smallest absolute Gasteiger partial charge is 0.341 e. The highest BCUT2D eigenvalue weighted by Gasteiger charge is 2.20. The van der Waals surface area contributed by atoms with Crippen LogP contribution in [-0.4, -0.2) is 31.0 Å². The van der Waals surface area contributed by atoms with Gasteiger partial charge in [-0.25, -0.2) is 9.78 Å². The van der Waals surface area contributed by atoms with Gasteiger partial charge in [-0.2, -0.15) is 0 Å². The average Bonchev–Trinajstić information content (AvgIpc) is 2.95. The highest BCUT2D eigenvalue weighted by Crippen LogP contribution is 2.17. The summed E-state index contributed by atoms with van der Waals surface area (Å²) >= 11 is 3.27. The molecule has 0 atom stereocenters. The highest BCUT2D eigenvalue weighted by molar-refractivity contribution is 9.10. The molecule has 2 heterocycles. The number of carbonyl (C=O) groups is 2. The van der Waals surface area contributed by atoms with Crippen LogP contribution in [0.5, 0.6) is 0 Å². The highest BCUT2D eigenvalue weighted by atomic mass is 79.9. The van der Waals surface area contributed by atoms with Crippen molar-refractivity contribution in [3.63, 3.8) is 0 Å². The van der Waals surface area contributed by atoms with Crippen LogP contribution in [0, 0.1) is 0 Å². The minimum Gasteiger partial charge on any atom is -0.465 e. The lowest BCUT2D eigenvalue weighted by Crippen LogP contribution is -2.26. The van der Waals surface area contributed by atoms with Gasteiger partial charge in [0.2, 0.25) is 0 Å². The van der Waals surface area contributed by atoms with Crippen LogP contribution in [0.15, 0.2) is 39.5 Å². The molecule has 0 saturated carbocycles. The molecule has 6 nitrogen and oxygen atoms in total. The van der Waals surface area contributed by atoms with Crippen molar-refractivity contribution >= 4 is 33.6 Å². The maximum absolute atomic E-state index is 12.2. The Hall–Kier alpha value is -2.15. The number of ether oxygens (including phenoxy) is 1. The number of pyridine rings is 1. The van der Waals surface area contributed by atoms with Crippen molar-refractivity contribution in [3.05, 3.63) is 46.5 Å². The van der Waals surface area contributed by atoms with Gasteiger partial charge in [-0.15, -0.1) is 0 Å². The summed E-state index contributed by atoms with van der Waals surface area (Å²) in [5.41, 5.74) is 0.188. The van der Waals surface area contributed by atoms with Gasteiger partial charge >= 0.3 is 5.97 Å². The van der Waals surface area contributed by atoms with Gasteiger partial charge in [-0.05, 0) is 28.1 Å². The van der Waals surface area contributed by atoms with E-state index < -0.39 is 11.9 Å². The maximum atomic E-state index is 12.2. The normalized spacial score (nSPS) is 10.2. The minimum absolute atomic E-state index is 0.0395. The largest absolute Gasteiger partial charge is 0.465 e. The lowest BCUT2D eigenvalue weighted by atomic mass is 10.3. The third-order valence-corrected chi connectivity index (χ3v) is 3.06. The Morgan fingerprint density at radius 1 is 1.40 bits per heavy atom. The number of nitrogens with zero attached hydrogens (tertiary/aromatic N) is 2. The van der Waals surface area contributed by atoms with Gasteiger partial charge in [0.15, 0.2) is 5.76 Å². The monoisotopic (exact) mass is 338 g/mol. The third kappa shape index (κ3) is 2.88. The molecule has 0 bridgehead atoms. The topological polar surface area (TPSA) is 72.6 Å². The molecule has 0 aliphatic rings. The fourth-order valence-corrected chi connectivity index (χ4v) is 1.74. The molecular weight excluding hydrogens is 328 g/mol. The van der Waals surface area contributed by atoms with Crippen LogP contribution in [0.4, 0.5) is 5.82 Å². The number of amides is 1. The van der Waals surface area contributed by atoms with E-state index in [1.165, 1.54) is 24.3 Å². The number of carbonyl (C=O) groups excluding carboxylic acids is 2. The number of anilines is 1. The SMILES string of the molecule is COC(=O)c1coc(C(=O)N(C)c2ccc(Br)cn2)c1. The number of rotatable bonds is 3.